The van der Waals surface area contributed by atoms with Crippen molar-refractivity contribution in [3.8, 4) is 0 Å². The lowest BCUT2D eigenvalue weighted by Crippen LogP contribution is -2.15. The maximum absolute atomic E-state index is 4.42. The van der Waals surface area contributed by atoms with Crippen molar-refractivity contribution in [2.24, 2.45) is 25.6 Å². The second-order valence-corrected chi connectivity index (χ2v) is 4.25. The number of hydrogen-bond acceptors (Lipinski definition) is 5. The summed E-state index contributed by atoms with van der Waals surface area (Å²) in [5, 5.41) is 18.4. The molecule has 0 spiro atoms. The molecule has 96 valence electrons. The minimum Gasteiger partial charge on any atom is -0.279 e. The zero-order valence-corrected chi connectivity index (χ0v) is 11.3. The zero-order valence-electron chi connectivity index (χ0n) is 11.3. The van der Waals surface area contributed by atoms with E-state index in [1.807, 2.05) is 38.8 Å². The molecule has 18 heavy (non-hydrogen) atoms. The van der Waals surface area contributed by atoms with Gasteiger partial charge in [-0.2, -0.15) is 5.11 Å². The van der Waals surface area contributed by atoms with Crippen LogP contribution < -0.4 is 0 Å². The van der Waals surface area contributed by atoms with Gasteiger partial charge in [0, 0.05) is 18.8 Å². The smallest absolute Gasteiger partial charge is 0.205 e. The van der Waals surface area contributed by atoms with Crippen LogP contribution in [0.5, 0.6) is 0 Å². The molecule has 0 aromatic rings. The van der Waals surface area contributed by atoms with Gasteiger partial charge in [-0.15, -0.1) is 10.2 Å². The molecule has 0 saturated heterocycles. The first kappa shape index (κ1) is 12.6. The molecule has 0 saturated carbocycles. The Morgan fingerprint density at radius 2 is 2.00 bits per heavy atom. The van der Waals surface area contributed by atoms with Crippen LogP contribution in [0.25, 0.3) is 0 Å². The Hall–Kier alpha value is -1.85. The average molecular weight is 246 g/mol. The van der Waals surface area contributed by atoms with E-state index in [4.69, 9.17) is 0 Å². The fraction of sp³-hybridized carbons (Fsp3) is 0.583. The fourth-order valence-electron chi connectivity index (χ4n) is 1.96. The van der Waals surface area contributed by atoms with Crippen LogP contribution in [0.15, 0.2) is 48.6 Å². The molecule has 6 heteroatoms. The Kier molecular flexibility index (Phi) is 3.64. The molecule has 0 N–H and O–H groups in total. The summed E-state index contributed by atoms with van der Waals surface area (Å²) in [6.45, 7) is 9.73. The summed E-state index contributed by atoms with van der Waals surface area (Å²) in [6, 6.07) is 0. The van der Waals surface area contributed by atoms with Gasteiger partial charge in [-0.05, 0) is 39.3 Å². The molecule has 1 atom stereocenters. The fourth-order valence-corrected chi connectivity index (χ4v) is 1.96. The molecule has 0 fully saturated rings. The highest BCUT2D eigenvalue weighted by atomic mass is 15.5. The Balaban J connectivity index is 2.25. The lowest BCUT2D eigenvalue weighted by molar-refractivity contribution is 0.298. The van der Waals surface area contributed by atoms with Crippen molar-refractivity contribution >= 4 is 5.71 Å². The number of fused-ring (bicyclic) bond motifs is 1. The molecular weight excluding hydrogens is 228 g/mol. The molecule has 0 aromatic carbocycles. The van der Waals surface area contributed by atoms with E-state index in [1.165, 1.54) is 0 Å². The van der Waals surface area contributed by atoms with Crippen molar-refractivity contribution in [2.75, 3.05) is 13.1 Å². The number of hydrogen-bond donors (Lipinski definition) is 0. The van der Waals surface area contributed by atoms with Gasteiger partial charge in [0.1, 0.15) is 0 Å². The highest BCUT2D eigenvalue weighted by Crippen LogP contribution is 2.32. The highest BCUT2D eigenvalue weighted by Gasteiger charge is 2.27. The molecule has 0 amide bonds. The third-order valence-corrected chi connectivity index (χ3v) is 2.93. The van der Waals surface area contributed by atoms with Gasteiger partial charge in [0.05, 0.1) is 5.57 Å². The van der Waals surface area contributed by atoms with E-state index < -0.39 is 0 Å². The Bertz CT molecular complexity index is 479. The Labute approximate surface area is 107 Å². The summed E-state index contributed by atoms with van der Waals surface area (Å²) >= 11 is 0. The number of aliphatic imine (C=N–C) groups is 1. The third kappa shape index (κ3) is 2.37. The van der Waals surface area contributed by atoms with Crippen molar-refractivity contribution in [2.45, 2.75) is 33.9 Å². The molecule has 6 nitrogen and oxygen atoms in total. The lowest BCUT2D eigenvalue weighted by atomic mass is 10.0. The van der Waals surface area contributed by atoms with Crippen LogP contribution >= 0.6 is 0 Å². The van der Waals surface area contributed by atoms with Crippen molar-refractivity contribution < 1.29 is 0 Å². The first-order valence-corrected chi connectivity index (χ1v) is 6.20. The van der Waals surface area contributed by atoms with Crippen LogP contribution in [0.4, 0.5) is 0 Å². The van der Waals surface area contributed by atoms with Crippen LogP contribution in [0, 0.1) is 0 Å². The highest BCUT2D eigenvalue weighted by molar-refractivity contribution is 5.95. The van der Waals surface area contributed by atoms with E-state index in [0.29, 0.717) is 5.82 Å². The summed E-state index contributed by atoms with van der Waals surface area (Å²) in [6.07, 6.45) is 1.80. The van der Waals surface area contributed by atoms with Crippen molar-refractivity contribution in [3.63, 3.8) is 0 Å². The SMILES string of the molecule is CCN(CC)/N=N/C1=C2C(C)=CC(C)=NC2N=N1. The second-order valence-electron chi connectivity index (χ2n) is 4.25. The number of allylic oxidation sites excluding steroid dienone is 1. The number of rotatable bonds is 4. The molecule has 2 aliphatic heterocycles. The quantitative estimate of drug-likeness (QED) is 0.555. The van der Waals surface area contributed by atoms with Crippen LogP contribution in [-0.4, -0.2) is 30.0 Å². The predicted octanol–water partition coefficient (Wildman–Crippen LogP) is 3.12. The first-order valence-electron chi connectivity index (χ1n) is 6.20. The third-order valence-electron chi connectivity index (χ3n) is 2.93. The molecular formula is C12H18N6. The maximum atomic E-state index is 4.42. The van der Waals surface area contributed by atoms with Crippen molar-refractivity contribution in [1.29, 1.82) is 0 Å². The van der Waals surface area contributed by atoms with E-state index in [0.717, 1.165) is 29.9 Å². The van der Waals surface area contributed by atoms with Crippen LogP contribution in [0.1, 0.15) is 27.7 Å². The van der Waals surface area contributed by atoms with E-state index in [9.17, 15) is 0 Å². The van der Waals surface area contributed by atoms with Crippen LogP contribution in [0.3, 0.4) is 0 Å². The van der Waals surface area contributed by atoms with Gasteiger partial charge >= 0.3 is 0 Å². The minimum absolute atomic E-state index is 0.222. The molecule has 0 aromatic heterocycles. The van der Waals surface area contributed by atoms with Crippen LogP contribution in [-0.2, 0) is 0 Å². The normalized spacial score (nSPS) is 22.3. The largest absolute Gasteiger partial charge is 0.279 e. The summed E-state index contributed by atoms with van der Waals surface area (Å²) < 4.78 is 0. The Morgan fingerprint density at radius 3 is 2.67 bits per heavy atom. The molecule has 2 heterocycles. The summed E-state index contributed by atoms with van der Waals surface area (Å²) in [7, 11) is 0. The molecule has 0 bridgehead atoms. The molecule has 2 rings (SSSR count). The van der Waals surface area contributed by atoms with Gasteiger partial charge in [-0.1, -0.05) is 5.22 Å². The average Bonchev–Trinajstić information content (AvgIpc) is 2.73. The first-order chi connectivity index (χ1) is 8.65. The summed E-state index contributed by atoms with van der Waals surface area (Å²) in [5.74, 6) is 0.580. The van der Waals surface area contributed by atoms with E-state index >= 15 is 0 Å². The molecule has 1 unspecified atom stereocenters. The van der Waals surface area contributed by atoms with E-state index in [2.05, 4.69) is 25.6 Å². The van der Waals surface area contributed by atoms with Gasteiger partial charge < -0.3 is 0 Å². The van der Waals surface area contributed by atoms with Gasteiger partial charge in [0.2, 0.25) is 5.82 Å². The summed E-state index contributed by atoms with van der Waals surface area (Å²) in [4.78, 5) is 4.42. The number of dihydropyridines is 1. The van der Waals surface area contributed by atoms with Gasteiger partial charge in [-0.3, -0.25) is 10.0 Å². The van der Waals surface area contributed by atoms with Gasteiger partial charge in [-0.25, -0.2) is 0 Å². The second kappa shape index (κ2) is 5.20. The van der Waals surface area contributed by atoms with Gasteiger partial charge in [0.15, 0.2) is 6.17 Å². The van der Waals surface area contributed by atoms with Crippen molar-refractivity contribution in [3.05, 3.63) is 23.0 Å². The van der Waals surface area contributed by atoms with Crippen LogP contribution in [0.2, 0.25) is 0 Å². The predicted molar refractivity (Wildman–Crippen MR) is 70.3 cm³/mol. The number of azo groups is 1. The van der Waals surface area contributed by atoms with E-state index in [-0.39, 0.29) is 6.17 Å². The molecule has 0 aliphatic carbocycles. The van der Waals surface area contributed by atoms with E-state index in [1.54, 1.807) is 0 Å². The lowest BCUT2D eigenvalue weighted by Gasteiger charge is -2.14. The summed E-state index contributed by atoms with van der Waals surface area (Å²) in [5.41, 5.74) is 3.06. The minimum atomic E-state index is -0.222. The monoisotopic (exact) mass is 246 g/mol. The zero-order chi connectivity index (χ0) is 13.1. The van der Waals surface area contributed by atoms with Crippen molar-refractivity contribution in [1.82, 2.24) is 5.01 Å². The van der Waals surface area contributed by atoms with Gasteiger partial charge in [0.25, 0.3) is 0 Å². The Morgan fingerprint density at radius 1 is 1.28 bits per heavy atom. The maximum Gasteiger partial charge on any atom is 0.205 e. The molecule has 0 radical (unpaired) electrons. The molecule has 2 aliphatic rings. The topological polar surface area (TPSA) is 65.0 Å². The number of nitrogens with zero attached hydrogens (tertiary/aromatic N) is 6. The standard InChI is InChI=1S/C12H18N6/c1-5-18(6-2)17-16-12-10-8(3)7-9(4)13-11(10)14-15-12/h7,11H,5-6H2,1-4H3/b17-16+.